The first-order chi connectivity index (χ1) is 11.1. The number of carbonyl (C=O) groups excluding carboxylic acids is 1. The summed E-state index contributed by atoms with van der Waals surface area (Å²) in [6, 6.07) is 17.8. The van der Waals surface area contributed by atoms with Crippen LogP contribution in [-0.2, 0) is 4.79 Å². The third-order valence-electron chi connectivity index (χ3n) is 3.24. The molecule has 4 nitrogen and oxygen atoms in total. The Morgan fingerprint density at radius 2 is 1.78 bits per heavy atom. The maximum absolute atomic E-state index is 11.8. The largest absolute Gasteiger partial charge is 0.376 e. The molecule has 2 aromatic rings. The van der Waals surface area contributed by atoms with Crippen LogP contribution in [0, 0.1) is 6.92 Å². The molecule has 118 valence electrons. The summed E-state index contributed by atoms with van der Waals surface area (Å²) in [5, 5.41) is 7.06. The van der Waals surface area contributed by atoms with Gasteiger partial charge in [-0.25, -0.2) is 5.43 Å². The normalized spacial score (nSPS) is 11.5. The number of hydrogen-bond acceptors (Lipinski definition) is 3. The van der Waals surface area contributed by atoms with Gasteiger partial charge in [-0.1, -0.05) is 54.6 Å². The van der Waals surface area contributed by atoms with Crippen LogP contribution in [0.25, 0.3) is 6.08 Å². The maximum atomic E-state index is 11.8. The fraction of sp³-hybridized carbons (Fsp3) is 0.158. The summed E-state index contributed by atoms with van der Waals surface area (Å²) in [6.45, 7) is 4.12. The lowest BCUT2D eigenvalue weighted by Gasteiger charge is -2.07. The number of allylic oxidation sites excluding steroid dienone is 1. The van der Waals surface area contributed by atoms with Gasteiger partial charge in [-0.3, -0.25) is 4.79 Å². The average Bonchev–Trinajstić information content (AvgIpc) is 2.55. The van der Waals surface area contributed by atoms with E-state index in [2.05, 4.69) is 15.8 Å². The van der Waals surface area contributed by atoms with Crippen molar-refractivity contribution in [3.05, 3.63) is 71.3 Å². The maximum Gasteiger partial charge on any atom is 0.259 e. The molecule has 2 rings (SSSR count). The number of hydrazone groups is 1. The summed E-state index contributed by atoms with van der Waals surface area (Å²) in [5.74, 6) is -0.183. The molecular weight excluding hydrogens is 286 g/mol. The number of carbonyl (C=O) groups is 1. The zero-order chi connectivity index (χ0) is 16.5. The zero-order valence-corrected chi connectivity index (χ0v) is 13.4. The van der Waals surface area contributed by atoms with E-state index in [4.69, 9.17) is 0 Å². The highest BCUT2D eigenvalue weighted by Gasteiger charge is 2.00. The Kier molecular flexibility index (Phi) is 6.12. The Morgan fingerprint density at radius 3 is 2.52 bits per heavy atom. The molecule has 0 aliphatic rings. The van der Waals surface area contributed by atoms with E-state index < -0.39 is 0 Å². The second kappa shape index (κ2) is 8.54. The van der Waals surface area contributed by atoms with Crippen LogP contribution in [0.3, 0.4) is 0 Å². The van der Waals surface area contributed by atoms with Crippen molar-refractivity contribution in [1.82, 2.24) is 5.43 Å². The van der Waals surface area contributed by atoms with E-state index in [9.17, 15) is 4.79 Å². The zero-order valence-electron chi connectivity index (χ0n) is 13.4. The SMILES string of the molecule is CC(/C=N\NC(=O)CNc1ccccc1C)=C\c1ccccc1. The Labute approximate surface area is 136 Å². The summed E-state index contributed by atoms with van der Waals surface area (Å²) in [7, 11) is 0. The second-order valence-electron chi connectivity index (χ2n) is 5.26. The minimum absolute atomic E-state index is 0.183. The third kappa shape index (κ3) is 5.79. The van der Waals surface area contributed by atoms with Gasteiger partial charge >= 0.3 is 0 Å². The summed E-state index contributed by atoms with van der Waals surface area (Å²) in [5.41, 5.74) is 6.63. The minimum atomic E-state index is -0.183. The molecular formula is C19H21N3O. The standard InChI is InChI=1S/C19H21N3O/c1-15(12-17-9-4-3-5-10-17)13-21-22-19(23)14-20-18-11-7-6-8-16(18)2/h3-13,20H,14H2,1-2H3,(H,22,23)/b15-12+,21-13-. The molecule has 1 amide bonds. The van der Waals surface area contributed by atoms with Crippen LogP contribution in [0.2, 0.25) is 0 Å². The first kappa shape index (κ1) is 16.5. The average molecular weight is 307 g/mol. The van der Waals surface area contributed by atoms with Crippen LogP contribution < -0.4 is 10.7 Å². The topological polar surface area (TPSA) is 53.5 Å². The molecule has 0 aromatic heterocycles. The van der Waals surface area contributed by atoms with Gasteiger partial charge in [0.2, 0.25) is 0 Å². The van der Waals surface area contributed by atoms with Gasteiger partial charge in [0.15, 0.2) is 0 Å². The molecule has 0 saturated carbocycles. The van der Waals surface area contributed by atoms with E-state index in [0.29, 0.717) is 0 Å². The number of nitrogens with zero attached hydrogens (tertiary/aromatic N) is 1. The summed E-state index contributed by atoms with van der Waals surface area (Å²) < 4.78 is 0. The molecule has 0 aliphatic heterocycles. The number of anilines is 1. The van der Waals surface area contributed by atoms with Crippen molar-refractivity contribution in [3.8, 4) is 0 Å². The van der Waals surface area contributed by atoms with E-state index in [-0.39, 0.29) is 12.5 Å². The first-order valence-corrected chi connectivity index (χ1v) is 7.50. The van der Waals surface area contributed by atoms with Crippen molar-refractivity contribution in [2.24, 2.45) is 5.10 Å². The highest BCUT2D eigenvalue weighted by Crippen LogP contribution is 2.12. The van der Waals surface area contributed by atoms with Gasteiger partial charge in [0, 0.05) is 5.69 Å². The molecule has 23 heavy (non-hydrogen) atoms. The fourth-order valence-electron chi connectivity index (χ4n) is 2.04. The van der Waals surface area contributed by atoms with Crippen molar-refractivity contribution in [3.63, 3.8) is 0 Å². The molecule has 0 heterocycles. The molecule has 0 atom stereocenters. The van der Waals surface area contributed by atoms with Crippen molar-refractivity contribution >= 4 is 23.9 Å². The Hall–Kier alpha value is -2.88. The molecule has 2 N–H and O–H groups in total. The number of benzene rings is 2. The predicted molar refractivity (Wildman–Crippen MR) is 96.4 cm³/mol. The first-order valence-electron chi connectivity index (χ1n) is 7.50. The van der Waals surface area contributed by atoms with Gasteiger partial charge in [0.1, 0.15) is 0 Å². The van der Waals surface area contributed by atoms with Crippen LogP contribution in [-0.4, -0.2) is 18.7 Å². The Bertz CT molecular complexity index is 706. The summed E-state index contributed by atoms with van der Waals surface area (Å²) in [6.07, 6.45) is 3.64. The molecule has 4 heteroatoms. The van der Waals surface area contributed by atoms with E-state index in [1.54, 1.807) is 6.21 Å². The quantitative estimate of drug-likeness (QED) is 0.632. The third-order valence-corrected chi connectivity index (χ3v) is 3.24. The second-order valence-corrected chi connectivity index (χ2v) is 5.26. The number of para-hydroxylation sites is 1. The van der Waals surface area contributed by atoms with Gasteiger partial charge in [-0.05, 0) is 36.6 Å². The van der Waals surface area contributed by atoms with Crippen molar-refractivity contribution in [2.75, 3.05) is 11.9 Å². The minimum Gasteiger partial charge on any atom is -0.376 e. The lowest BCUT2D eigenvalue weighted by atomic mass is 10.1. The van der Waals surface area contributed by atoms with E-state index in [1.165, 1.54) is 0 Å². The molecule has 0 aliphatic carbocycles. The molecule has 0 bridgehead atoms. The summed E-state index contributed by atoms with van der Waals surface area (Å²) >= 11 is 0. The molecule has 0 fully saturated rings. The Balaban J connectivity index is 1.80. The fourth-order valence-corrected chi connectivity index (χ4v) is 2.04. The van der Waals surface area contributed by atoms with Gasteiger partial charge in [0.05, 0.1) is 12.8 Å². The lowest BCUT2D eigenvalue weighted by molar-refractivity contribution is -0.119. The molecule has 2 aromatic carbocycles. The molecule has 0 unspecified atom stereocenters. The van der Waals surface area contributed by atoms with Crippen molar-refractivity contribution < 1.29 is 4.79 Å². The highest BCUT2D eigenvalue weighted by molar-refractivity contribution is 5.87. The van der Waals surface area contributed by atoms with E-state index >= 15 is 0 Å². The van der Waals surface area contributed by atoms with E-state index in [1.807, 2.05) is 74.5 Å². The number of nitrogens with one attached hydrogen (secondary N) is 2. The van der Waals surface area contributed by atoms with Crippen LogP contribution in [0.15, 0.2) is 65.3 Å². The van der Waals surface area contributed by atoms with Crippen LogP contribution in [0.5, 0.6) is 0 Å². The van der Waals surface area contributed by atoms with Gasteiger partial charge < -0.3 is 5.32 Å². The lowest BCUT2D eigenvalue weighted by Crippen LogP contribution is -2.26. The molecule has 0 spiro atoms. The van der Waals surface area contributed by atoms with Crippen LogP contribution in [0.1, 0.15) is 18.1 Å². The van der Waals surface area contributed by atoms with Gasteiger partial charge in [-0.15, -0.1) is 0 Å². The number of aryl methyl sites for hydroxylation is 1. The van der Waals surface area contributed by atoms with Crippen molar-refractivity contribution in [1.29, 1.82) is 0 Å². The van der Waals surface area contributed by atoms with Crippen LogP contribution in [0.4, 0.5) is 5.69 Å². The number of rotatable bonds is 6. The van der Waals surface area contributed by atoms with E-state index in [0.717, 1.165) is 22.4 Å². The van der Waals surface area contributed by atoms with Gasteiger partial charge in [0.25, 0.3) is 5.91 Å². The molecule has 0 radical (unpaired) electrons. The smallest absolute Gasteiger partial charge is 0.259 e. The molecule has 0 saturated heterocycles. The van der Waals surface area contributed by atoms with Crippen molar-refractivity contribution in [2.45, 2.75) is 13.8 Å². The predicted octanol–water partition coefficient (Wildman–Crippen LogP) is 3.61. The van der Waals surface area contributed by atoms with Crippen LogP contribution >= 0.6 is 0 Å². The number of hydrogen-bond donors (Lipinski definition) is 2. The Morgan fingerprint density at radius 1 is 1.09 bits per heavy atom. The van der Waals surface area contributed by atoms with Gasteiger partial charge in [-0.2, -0.15) is 5.10 Å². The monoisotopic (exact) mass is 307 g/mol. The highest BCUT2D eigenvalue weighted by atomic mass is 16.2. The number of amides is 1. The summed E-state index contributed by atoms with van der Waals surface area (Å²) in [4.78, 5) is 11.8.